The van der Waals surface area contributed by atoms with Crippen LogP contribution in [0.1, 0.15) is 34.0 Å². The first-order chi connectivity index (χ1) is 11.0. The van der Waals surface area contributed by atoms with Crippen molar-refractivity contribution in [1.82, 2.24) is 0 Å². The normalized spacial score (nSPS) is 10.2. The second-order valence-corrected chi connectivity index (χ2v) is 5.46. The van der Waals surface area contributed by atoms with E-state index in [1.165, 1.54) is 5.56 Å². The number of hydrogen-bond donors (Lipinski definition) is 1. The van der Waals surface area contributed by atoms with Crippen molar-refractivity contribution in [2.45, 2.75) is 27.2 Å². The number of hydrogen-bond acceptors (Lipinski definition) is 3. The van der Waals surface area contributed by atoms with Crippen LogP contribution in [0.2, 0.25) is 0 Å². The van der Waals surface area contributed by atoms with Crippen LogP contribution >= 0.6 is 0 Å². The predicted molar refractivity (Wildman–Crippen MR) is 90.6 cm³/mol. The van der Waals surface area contributed by atoms with Gasteiger partial charge in [0, 0.05) is 5.69 Å². The van der Waals surface area contributed by atoms with Crippen molar-refractivity contribution >= 4 is 17.6 Å². The van der Waals surface area contributed by atoms with Crippen molar-refractivity contribution in [2.75, 3.05) is 11.9 Å². The van der Waals surface area contributed by atoms with Crippen LogP contribution in [0.25, 0.3) is 0 Å². The van der Waals surface area contributed by atoms with E-state index in [1.54, 1.807) is 25.1 Å². The number of ether oxygens (including phenoxy) is 1. The third kappa shape index (κ3) is 4.68. The van der Waals surface area contributed by atoms with Crippen LogP contribution in [-0.2, 0) is 16.0 Å². The lowest BCUT2D eigenvalue weighted by atomic mass is 10.1. The van der Waals surface area contributed by atoms with Crippen LogP contribution in [-0.4, -0.2) is 18.5 Å². The van der Waals surface area contributed by atoms with Gasteiger partial charge < -0.3 is 10.1 Å². The highest BCUT2D eigenvalue weighted by Crippen LogP contribution is 2.18. The molecular weight excluding hydrogens is 290 g/mol. The largest absolute Gasteiger partial charge is 0.462 e. The highest BCUT2D eigenvalue weighted by Gasteiger charge is 2.10. The first-order valence-corrected chi connectivity index (χ1v) is 7.62. The molecule has 2 rings (SSSR count). The zero-order chi connectivity index (χ0) is 16.8. The van der Waals surface area contributed by atoms with Crippen LogP contribution in [0.4, 0.5) is 5.69 Å². The molecule has 0 radical (unpaired) electrons. The van der Waals surface area contributed by atoms with Gasteiger partial charge in [-0.25, -0.2) is 4.79 Å². The zero-order valence-corrected chi connectivity index (χ0v) is 13.7. The molecule has 0 aliphatic heterocycles. The number of nitrogens with one attached hydrogen (secondary N) is 1. The first kappa shape index (κ1) is 16.7. The lowest BCUT2D eigenvalue weighted by Crippen LogP contribution is -2.15. The van der Waals surface area contributed by atoms with E-state index >= 15 is 0 Å². The van der Waals surface area contributed by atoms with E-state index in [4.69, 9.17) is 4.74 Å². The molecule has 0 fully saturated rings. The fraction of sp³-hybridized carbons (Fsp3) is 0.263. The van der Waals surface area contributed by atoms with E-state index < -0.39 is 0 Å². The molecule has 2 aromatic carbocycles. The molecule has 120 valence electrons. The molecule has 0 aliphatic rings. The van der Waals surface area contributed by atoms with E-state index in [9.17, 15) is 9.59 Å². The molecule has 0 heterocycles. The summed E-state index contributed by atoms with van der Waals surface area (Å²) < 4.78 is 4.97. The summed E-state index contributed by atoms with van der Waals surface area (Å²) >= 11 is 0. The fourth-order valence-electron chi connectivity index (χ4n) is 2.23. The summed E-state index contributed by atoms with van der Waals surface area (Å²) in [7, 11) is 0. The Bertz CT molecular complexity index is 705. The van der Waals surface area contributed by atoms with Gasteiger partial charge in [-0.15, -0.1) is 0 Å². The Labute approximate surface area is 136 Å². The highest BCUT2D eigenvalue weighted by atomic mass is 16.5. The molecule has 0 saturated heterocycles. The molecule has 0 spiro atoms. The number of esters is 1. The van der Waals surface area contributed by atoms with Crippen molar-refractivity contribution in [3.05, 3.63) is 64.7 Å². The van der Waals surface area contributed by atoms with Crippen molar-refractivity contribution in [3.63, 3.8) is 0 Å². The van der Waals surface area contributed by atoms with Gasteiger partial charge in [-0.2, -0.15) is 0 Å². The summed E-state index contributed by atoms with van der Waals surface area (Å²) in [6.07, 6.45) is 0.319. The minimum atomic E-state index is -0.354. The van der Waals surface area contributed by atoms with Crippen molar-refractivity contribution in [3.8, 4) is 0 Å². The van der Waals surface area contributed by atoms with E-state index in [2.05, 4.69) is 5.32 Å². The molecule has 0 bridgehead atoms. The molecule has 0 saturated carbocycles. The second-order valence-electron chi connectivity index (χ2n) is 5.46. The van der Waals surface area contributed by atoms with Gasteiger partial charge in [-0.1, -0.05) is 29.8 Å². The lowest BCUT2D eigenvalue weighted by molar-refractivity contribution is -0.115. The summed E-state index contributed by atoms with van der Waals surface area (Å²) in [6, 6.07) is 13.0. The summed E-state index contributed by atoms with van der Waals surface area (Å²) in [5, 5.41) is 2.88. The number of carbonyl (C=O) groups is 2. The van der Waals surface area contributed by atoms with Gasteiger partial charge in [0.2, 0.25) is 5.91 Å². The smallest absolute Gasteiger partial charge is 0.338 e. The van der Waals surface area contributed by atoms with Crippen LogP contribution in [0.15, 0.2) is 42.5 Å². The van der Waals surface area contributed by atoms with Crippen molar-refractivity contribution in [1.29, 1.82) is 0 Å². The molecule has 4 nitrogen and oxygen atoms in total. The predicted octanol–water partition coefficient (Wildman–Crippen LogP) is 3.66. The molecule has 0 atom stereocenters. The maximum Gasteiger partial charge on any atom is 0.338 e. The van der Waals surface area contributed by atoms with E-state index in [-0.39, 0.29) is 11.9 Å². The number of benzene rings is 2. The first-order valence-electron chi connectivity index (χ1n) is 7.62. The van der Waals surface area contributed by atoms with Gasteiger partial charge in [-0.05, 0) is 50.1 Å². The van der Waals surface area contributed by atoms with Crippen LogP contribution < -0.4 is 5.32 Å². The number of aryl methyl sites for hydroxylation is 2. The minimum Gasteiger partial charge on any atom is -0.462 e. The number of rotatable bonds is 5. The minimum absolute atomic E-state index is 0.0826. The molecule has 0 aromatic heterocycles. The Morgan fingerprint density at radius 1 is 1.04 bits per heavy atom. The van der Waals surface area contributed by atoms with Crippen LogP contribution in [0.5, 0.6) is 0 Å². The third-order valence-electron chi connectivity index (χ3n) is 3.50. The Morgan fingerprint density at radius 3 is 2.35 bits per heavy atom. The van der Waals surface area contributed by atoms with E-state index in [1.807, 2.05) is 38.1 Å². The summed E-state index contributed by atoms with van der Waals surface area (Å²) in [5.41, 5.74) is 4.15. The number of amides is 1. The average molecular weight is 311 g/mol. The van der Waals surface area contributed by atoms with Gasteiger partial charge in [0.1, 0.15) is 0 Å². The summed E-state index contributed by atoms with van der Waals surface area (Å²) in [6.45, 7) is 5.97. The molecule has 1 amide bonds. The molecule has 0 aliphatic carbocycles. The van der Waals surface area contributed by atoms with Gasteiger partial charge in [0.25, 0.3) is 0 Å². The van der Waals surface area contributed by atoms with E-state index in [0.29, 0.717) is 24.3 Å². The molecular formula is C19H21NO3. The Hall–Kier alpha value is -2.62. The summed E-state index contributed by atoms with van der Waals surface area (Å²) in [5.74, 6) is -0.436. The zero-order valence-electron chi connectivity index (χ0n) is 13.7. The average Bonchev–Trinajstić information content (AvgIpc) is 2.52. The van der Waals surface area contributed by atoms with Crippen LogP contribution in [0, 0.1) is 13.8 Å². The Morgan fingerprint density at radius 2 is 1.74 bits per heavy atom. The number of anilines is 1. The SMILES string of the molecule is CCOC(=O)c1ccc(NC(=O)Cc2ccc(C)cc2)c(C)c1. The standard InChI is InChI=1S/C19H21NO3/c1-4-23-19(22)16-9-10-17(14(3)11-16)20-18(21)12-15-7-5-13(2)6-8-15/h5-11H,4,12H2,1-3H3,(H,20,21). The molecule has 0 unspecified atom stereocenters. The molecule has 2 aromatic rings. The van der Waals surface area contributed by atoms with Gasteiger partial charge in [-0.3, -0.25) is 4.79 Å². The topological polar surface area (TPSA) is 55.4 Å². The van der Waals surface area contributed by atoms with E-state index in [0.717, 1.165) is 11.1 Å². The van der Waals surface area contributed by atoms with Crippen molar-refractivity contribution in [2.24, 2.45) is 0 Å². The van der Waals surface area contributed by atoms with Crippen LogP contribution in [0.3, 0.4) is 0 Å². The second kappa shape index (κ2) is 7.58. The Kier molecular flexibility index (Phi) is 5.52. The quantitative estimate of drug-likeness (QED) is 0.857. The molecule has 23 heavy (non-hydrogen) atoms. The van der Waals surface area contributed by atoms with Gasteiger partial charge in [0.05, 0.1) is 18.6 Å². The maximum atomic E-state index is 12.1. The van der Waals surface area contributed by atoms with Gasteiger partial charge in [0.15, 0.2) is 0 Å². The lowest BCUT2D eigenvalue weighted by Gasteiger charge is -2.10. The maximum absolute atomic E-state index is 12.1. The third-order valence-corrected chi connectivity index (χ3v) is 3.50. The highest BCUT2D eigenvalue weighted by molar-refractivity contribution is 5.95. The Balaban J connectivity index is 2.03. The van der Waals surface area contributed by atoms with Gasteiger partial charge >= 0.3 is 5.97 Å². The molecule has 1 N–H and O–H groups in total. The fourth-order valence-corrected chi connectivity index (χ4v) is 2.23. The van der Waals surface area contributed by atoms with Crippen molar-refractivity contribution < 1.29 is 14.3 Å². The molecule has 4 heteroatoms. The number of carbonyl (C=O) groups excluding carboxylic acids is 2. The monoisotopic (exact) mass is 311 g/mol. The summed E-state index contributed by atoms with van der Waals surface area (Å²) in [4.78, 5) is 23.8.